The van der Waals surface area contributed by atoms with Gasteiger partial charge in [0.05, 0.1) is 12.3 Å². The van der Waals surface area contributed by atoms with Crippen LogP contribution in [0, 0.1) is 0 Å². The van der Waals surface area contributed by atoms with Crippen molar-refractivity contribution in [3.63, 3.8) is 0 Å². The zero-order chi connectivity index (χ0) is 24.6. The van der Waals surface area contributed by atoms with Crippen LogP contribution < -0.4 is 4.74 Å². The fourth-order valence-corrected chi connectivity index (χ4v) is 4.79. The van der Waals surface area contributed by atoms with Crippen LogP contribution in [0.1, 0.15) is 13.3 Å². The molecule has 0 bridgehead atoms. The van der Waals surface area contributed by atoms with Crippen molar-refractivity contribution in [3.8, 4) is 40.0 Å². The number of fused-ring (bicyclic) bond motifs is 5. The largest absolute Gasteiger partial charge is 0.507 e. The summed E-state index contributed by atoms with van der Waals surface area (Å²) in [5, 5.41) is 27.8. The highest BCUT2D eigenvalue weighted by Gasteiger charge is 2.18. The summed E-state index contributed by atoms with van der Waals surface area (Å²) in [6, 6.07) is 29.5. The Balaban J connectivity index is 1.69. The molecule has 176 valence electrons. The van der Waals surface area contributed by atoms with Gasteiger partial charge in [0.1, 0.15) is 17.1 Å². The van der Waals surface area contributed by atoms with Crippen LogP contribution >= 0.6 is 0 Å². The summed E-state index contributed by atoms with van der Waals surface area (Å²) in [5.41, 5.74) is 1.75. The van der Waals surface area contributed by atoms with E-state index in [-0.39, 0.29) is 22.9 Å². The number of phenols is 2. The third-order valence-corrected chi connectivity index (χ3v) is 6.44. The lowest BCUT2D eigenvalue weighted by Gasteiger charge is -2.15. The number of hydrogen-bond donors (Lipinski definition) is 2. The second-order valence-electron chi connectivity index (χ2n) is 8.79. The predicted molar refractivity (Wildman–Crippen MR) is 145 cm³/mol. The molecule has 0 aliphatic heterocycles. The highest BCUT2D eigenvalue weighted by molar-refractivity contribution is 6.20. The van der Waals surface area contributed by atoms with Crippen LogP contribution in [0.25, 0.3) is 55.0 Å². The Labute approximate surface area is 208 Å². The molecule has 0 fully saturated rings. The average molecular weight is 473 g/mol. The van der Waals surface area contributed by atoms with Crippen molar-refractivity contribution in [1.29, 1.82) is 0 Å². The minimum Gasteiger partial charge on any atom is -0.507 e. The number of phenolic OH excluding ortho intramolecular Hbond substituents is 2. The van der Waals surface area contributed by atoms with E-state index in [0.717, 1.165) is 33.5 Å². The molecular formula is C31H24N2O3. The van der Waals surface area contributed by atoms with Gasteiger partial charge in [-0.15, -0.1) is 0 Å². The second-order valence-corrected chi connectivity index (χ2v) is 8.79. The SMILES string of the molecule is CCCOc1cc(-c2cc3c4ccccc4ccc3c3ccccc23)nc(-c2c(O)cccc2O)n1. The third-order valence-electron chi connectivity index (χ3n) is 6.44. The Bertz CT molecular complexity index is 1740. The standard InChI is InChI=1S/C31H24N2O3/c1-2-16-36-29-18-26(32-31(33-29)30-27(34)12-7-13-28(30)35)25-17-24-20-9-4-3-8-19(20)14-15-23(24)21-10-5-6-11-22(21)25/h3-15,17-18,34-35H,2,16H2,1H3. The molecule has 0 spiro atoms. The Morgan fingerprint density at radius 3 is 2.14 bits per heavy atom. The first-order valence-electron chi connectivity index (χ1n) is 12.0. The Morgan fingerprint density at radius 2 is 1.36 bits per heavy atom. The maximum atomic E-state index is 10.5. The molecule has 0 atom stereocenters. The van der Waals surface area contributed by atoms with Crippen LogP contribution in [0.5, 0.6) is 17.4 Å². The first-order valence-corrected chi connectivity index (χ1v) is 12.0. The van der Waals surface area contributed by atoms with E-state index in [2.05, 4.69) is 53.5 Å². The van der Waals surface area contributed by atoms with Gasteiger partial charge in [0.2, 0.25) is 5.88 Å². The summed E-state index contributed by atoms with van der Waals surface area (Å²) in [5.74, 6) is 0.406. The molecule has 0 saturated carbocycles. The van der Waals surface area contributed by atoms with Crippen molar-refractivity contribution in [2.24, 2.45) is 0 Å². The van der Waals surface area contributed by atoms with Gasteiger partial charge in [0.15, 0.2) is 5.82 Å². The molecule has 5 heteroatoms. The van der Waals surface area contributed by atoms with Gasteiger partial charge in [0.25, 0.3) is 0 Å². The molecule has 1 heterocycles. The first kappa shape index (κ1) is 21.9. The highest BCUT2D eigenvalue weighted by Crippen LogP contribution is 2.40. The second kappa shape index (κ2) is 8.86. The maximum absolute atomic E-state index is 10.5. The van der Waals surface area contributed by atoms with E-state index in [1.165, 1.54) is 22.9 Å². The molecule has 0 saturated heterocycles. The molecule has 6 aromatic rings. The lowest BCUT2D eigenvalue weighted by Crippen LogP contribution is -2.01. The molecule has 5 nitrogen and oxygen atoms in total. The van der Waals surface area contributed by atoms with Gasteiger partial charge in [0, 0.05) is 11.6 Å². The summed E-state index contributed by atoms with van der Waals surface area (Å²) in [7, 11) is 0. The van der Waals surface area contributed by atoms with Crippen LogP contribution in [0.4, 0.5) is 0 Å². The van der Waals surface area contributed by atoms with E-state index in [4.69, 9.17) is 9.72 Å². The molecule has 0 aliphatic rings. The summed E-state index contributed by atoms with van der Waals surface area (Å²) in [6.07, 6.45) is 0.821. The van der Waals surface area contributed by atoms with Crippen molar-refractivity contribution in [3.05, 3.63) is 91.0 Å². The van der Waals surface area contributed by atoms with Crippen molar-refractivity contribution in [1.82, 2.24) is 9.97 Å². The molecule has 5 aromatic carbocycles. The number of benzene rings is 5. The van der Waals surface area contributed by atoms with Gasteiger partial charge in [-0.05, 0) is 56.9 Å². The molecule has 2 N–H and O–H groups in total. The van der Waals surface area contributed by atoms with Crippen LogP contribution in [0.15, 0.2) is 91.0 Å². The molecule has 1 aromatic heterocycles. The van der Waals surface area contributed by atoms with Crippen molar-refractivity contribution < 1.29 is 14.9 Å². The zero-order valence-corrected chi connectivity index (χ0v) is 19.8. The van der Waals surface area contributed by atoms with Crippen LogP contribution in [0.3, 0.4) is 0 Å². The van der Waals surface area contributed by atoms with E-state index >= 15 is 0 Å². The lowest BCUT2D eigenvalue weighted by atomic mass is 9.92. The Kier molecular flexibility index (Phi) is 5.38. The quantitative estimate of drug-likeness (QED) is 0.255. The van der Waals surface area contributed by atoms with E-state index in [0.29, 0.717) is 18.2 Å². The zero-order valence-electron chi connectivity index (χ0n) is 19.8. The normalized spacial score (nSPS) is 11.4. The number of nitrogens with zero attached hydrogens (tertiary/aromatic N) is 2. The number of aromatic hydroxyl groups is 2. The molecule has 0 amide bonds. The van der Waals surface area contributed by atoms with E-state index in [9.17, 15) is 10.2 Å². The van der Waals surface area contributed by atoms with E-state index < -0.39 is 0 Å². The van der Waals surface area contributed by atoms with Crippen molar-refractivity contribution in [2.75, 3.05) is 6.61 Å². The highest BCUT2D eigenvalue weighted by atomic mass is 16.5. The van der Waals surface area contributed by atoms with E-state index in [1.54, 1.807) is 6.07 Å². The number of hydrogen-bond acceptors (Lipinski definition) is 5. The minimum absolute atomic E-state index is 0.0945. The smallest absolute Gasteiger partial charge is 0.217 e. The molecule has 6 rings (SSSR count). The molecular weight excluding hydrogens is 448 g/mol. The van der Waals surface area contributed by atoms with Crippen LogP contribution in [0.2, 0.25) is 0 Å². The van der Waals surface area contributed by atoms with E-state index in [1.807, 2.05) is 31.2 Å². The number of ether oxygens (including phenoxy) is 1. The van der Waals surface area contributed by atoms with Gasteiger partial charge >= 0.3 is 0 Å². The fourth-order valence-electron chi connectivity index (χ4n) is 4.79. The minimum atomic E-state index is -0.0945. The van der Waals surface area contributed by atoms with Crippen LogP contribution in [-0.2, 0) is 0 Å². The van der Waals surface area contributed by atoms with Crippen molar-refractivity contribution in [2.45, 2.75) is 13.3 Å². The summed E-state index contributed by atoms with van der Waals surface area (Å²) < 4.78 is 5.91. The lowest BCUT2D eigenvalue weighted by molar-refractivity contribution is 0.305. The summed E-state index contributed by atoms with van der Waals surface area (Å²) >= 11 is 0. The Morgan fingerprint density at radius 1 is 0.667 bits per heavy atom. The third kappa shape index (κ3) is 3.66. The fraction of sp³-hybridized carbons (Fsp3) is 0.0968. The number of rotatable bonds is 5. The van der Waals surface area contributed by atoms with Gasteiger partial charge in [-0.2, -0.15) is 4.98 Å². The van der Waals surface area contributed by atoms with Gasteiger partial charge in [-0.1, -0.05) is 73.7 Å². The monoisotopic (exact) mass is 472 g/mol. The Hall–Kier alpha value is -4.64. The number of aromatic nitrogens is 2. The predicted octanol–water partition coefficient (Wildman–Crippen LogP) is 7.47. The molecule has 0 radical (unpaired) electrons. The van der Waals surface area contributed by atoms with Gasteiger partial charge in [-0.3, -0.25) is 0 Å². The van der Waals surface area contributed by atoms with Gasteiger partial charge in [-0.25, -0.2) is 4.98 Å². The van der Waals surface area contributed by atoms with Gasteiger partial charge < -0.3 is 14.9 Å². The molecule has 36 heavy (non-hydrogen) atoms. The topological polar surface area (TPSA) is 75.5 Å². The van der Waals surface area contributed by atoms with Crippen LogP contribution in [-0.4, -0.2) is 26.8 Å². The first-order chi connectivity index (χ1) is 17.6. The molecule has 0 aliphatic carbocycles. The van der Waals surface area contributed by atoms with Crippen molar-refractivity contribution >= 4 is 32.3 Å². The summed E-state index contributed by atoms with van der Waals surface area (Å²) in [4.78, 5) is 9.36. The average Bonchev–Trinajstić information content (AvgIpc) is 2.91. The maximum Gasteiger partial charge on any atom is 0.217 e. The summed E-state index contributed by atoms with van der Waals surface area (Å²) in [6.45, 7) is 2.52. The molecule has 0 unspecified atom stereocenters.